The number of aryl methyl sites for hydroxylation is 1. The van der Waals surface area contributed by atoms with Gasteiger partial charge in [0.15, 0.2) is 10.9 Å². The summed E-state index contributed by atoms with van der Waals surface area (Å²) in [6, 6.07) is 0.967. The molecule has 0 atom stereocenters. The van der Waals surface area contributed by atoms with Gasteiger partial charge in [0.1, 0.15) is 5.69 Å². The number of nitrogens with zero attached hydrogens (tertiary/aromatic N) is 4. The van der Waals surface area contributed by atoms with Gasteiger partial charge in [-0.1, -0.05) is 44.1 Å². The number of nitrogens with one attached hydrogen (secondary N) is 1. The first-order chi connectivity index (χ1) is 12.4. The molecule has 148 valence electrons. The third-order valence-electron chi connectivity index (χ3n) is 3.38. The number of thioether (sulfide) groups is 1. The van der Waals surface area contributed by atoms with Gasteiger partial charge in [-0.2, -0.15) is 18.3 Å². The Labute approximate surface area is 163 Å². The molecule has 0 aliphatic rings. The van der Waals surface area contributed by atoms with Crippen molar-refractivity contribution in [1.29, 1.82) is 0 Å². The number of alkyl halides is 3. The van der Waals surface area contributed by atoms with Crippen LogP contribution in [0, 0.1) is 0 Å². The molecular formula is C16H19ClF3N5OS. The third-order valence-corrected chi connectivity index (χ3v) is 4.51. The van der Waals surface area contributed by atoms with Gasteiger partial charge in [-0.15, -0.1) is 0 Å². The van der Waals surface area contributed by atoms with E-state index in [0.717, 1.165) is 17.8 Å². The van der Waals surface area contributed by atoms with Gasteiger partial charge in [0.2, 0.25) is 0 Å². The van der Waals surface area contributed by atoms with Gasteiger partial charge in [0.05, 0.1) is 10.7 Å². The van der Waals surface area contributed by atoms with E-state index < -0.39 is 23.2 Å². The molecule has 1 amide bonds. The molecule has 0 aromatic carbocycles. The Hall–Kier alpha value is -1.81. The standard InChI is InChI=1S/C16H19ClF3N5OS/c1-15(2,3)10-7-11(16(18,19)20)23-14(22-10)27-6-5-21-13(26)12-9(17)8-25(4)24-12/h7-8H,5-6H2,1-4H3,(H,21,26). The summed E-state index contributed by atoms with van der Waals surface area (Å²) in [7, 11) is 1.64. The van der Waals surface area contributed by atoms with Crippen LogP contribution in [0.15, 0.2) is 17.4 Å². The van der Waals surface area contributed by atoms with Crippen molar-refractivity contribution in [2.75, 3.05) is 12.3 Å². The first-order valence-electron chi connectivity index (χ1n) is 7.95. The molecule has 0 radical (unpaired) electrons. The minimum Gasteiger partial charge on any atom is -0.350 e. The van der Waals surface area contributed by atoms with Crippen LogP contribution in [0.5, 0.6) is 0 Å². The zero-order valence-electron chi connectivity index (χ0n) is 15.2. The van der Waals surface area contributed by atoms with E-state index in [-0.39, 0.29) is 22.4 Å². The third kappa shape index (κ3) is 5.83. The fourth-order valence-electron chi connectivity index (χ4n) is 2.02. The summed E-state index contributed by atoms with van der Waals surface area (Å²) in [6.07, 6.45) is -3.06. The Balaban J connectivity index is 2.03. The first kappa shape index (κ1) is 21.5. The summed E-state index contributed by atoms with van der Waals surface area (Å²) in [4.78, 5) is 19.8. The van der Waals surface area contributed by atoms with Gasteiger partial charge in [-0.3, -0.25) is 9.48 Å². The lowest BCUT2D eigenvalue weighted by Gasteiger charge is -2.19. The van der Waals surface area contributed by atoms with Crippen LogP contribution in [0.3, 0.4) is 0 Å². The highest BCUT2D eigenvalue weighted by Gasteiger charge is 2.35. The smallest absolute Gasteiger partial charge is 0.350 e. The second kappa shape index (κ2) is 8.05. The Morgan fingerprint density at radius 2 is 1.89 bits per heavy atom. The Bertz CT molecular complexity index is 800. The number of amides is 1. The van der Waals surface area contributed by atoms with Gasteiger partial charge in [-0.05, 0) is 6.07 Å². The lowest BCUT2D eigenvalue weighted by molar-refractivity contribution is -0.141. The minimum atomic E-state index is -4.55. The van der Waals surface area contributed by atoms with Crippen LogP contribution in [-0.4, -0.2) is 38.0 Å². The lowest BCUT2D eigenvalue weighted by atomic mass is 9.91. The van der Waals surface area contributed by atoms with Gasteiger partial charge in [0, 0.05) is 31.0 Å². The Morgan fingerprint density at radius 3 is 2.41 bits per heavy atom. The van der Waals surface area contributed by atoms with E-state index in [4.69, 9.17) is 11.6 Å². The molecule has 11 heteroatoms. The molecule has 2 rings (SSSR count). The molecule has 0 fully saturated rings. The molecule has 0 spiro atoms. The normalized spacial score (nSPS) is 12.3. The molecule has 27 heavy (non-hydrogen) atoms. The molecule has 0 aliphatic heterocycles. The molecule has 0 saturated carbocycles. The van der Waals surface area contributed by atoms with Crippen molar-refractivity contribution in [3.05, 3.63) is 34.4 Å². The van der Waals surface area contributed by atoms with Crippen molar-refractivity contribution in [1.82, 2.24) is 25.1 Å². The molecule has 2 aromatic heterocycles. The van der Waals surface area contributed by atoms with E-state index >= 15 is 0 Å². The molecule has 0 saturated heterocycles. The van der Waals surface area contributed by atoms with Gasteiger partial charge >= 0.3 is 6.18 Å². The Morgan fingerprint density at radius 1 is 1.26 bits per heavy atom. The Kier molecular flexibility index (Phi) is 6.41. The topological polar surface area (TPSA) is 72.7 Å². The minimum absolute atomic E-state index is 0.0138. The van der Waals surface area contributed by atoms with E-state index in [2.05, 4.69) is 20.4 Å². The van der Waals surface area contributed by atoms with Crippen molar-refractivity contribution in [3.63, 3.8) is 0 Å². The van der Waals surface area contributed by atoms with Crippen LogP contribution in [0.1, 0.15) is 42.6 Å². The highest BCUT2D eigenvalue weighted by atomic mass is 35.5. The van der Waals surface area contributed by atoms with Crippen LogP contribution in [0.25, 0.3) is 0 Å². The lowest BCUT2D eigenvalue weighted by Crippen LogP contribution is -2.26. The summed E-state index contributed by atoms with van der Waals surface area (Å²) in [5, 5.41) is 6.79. The number of hydrogen-bond donors (Lipinski definition) is 1. The number of hydrogen-bond acceptors (Lipinski definition) is 5. The van der Waals surface area contributed by atoms with Crippen LogP contribution in [-0.2, 0) is 18.6 Å². The zero-order chi connectivity index (χ0) is 20.4. The predicted octanol–water partition coefficient (Wildman–Crippen LogP) is 3.70. The number of aromatic nitrogens is 4. The maximum atomic E-state index is 13.1. The summed E-state index contributed by atoms with van der Waals surface area (Å²) in [5.41, 5.74) is -1.14. The average molecular weight is 422 g/mol. The largest absolute Gasteiger partial charge is 0.433 e. The van der Waals surface area contributed by atoms with Crippen LogP contribution < -0.4 is 5.32 Å². The summed E-state index contributed by atoms with van der Waals surface area (Å²) in [6.45, 7) is 5.53. The SMILES string of the molecule is Cn1cc(Cl)c(C(=O)NCCSc2nc(C(C)(C)C)cc(C(F)(F)F)n2)n1. The van der Waals surface area contributed by atoms with Crippen molar-refractivity contribution < 1.29 is 18.0 Å². The maximum Gasteiger partial charge on any atom is 0.433 e. The molecule has 0 aliphatic carbocycles. The van der Waals surface area contributed by atoms with E-state index in [9.17, 15) is 18.0 Å². The summed E-state index contributed by atoms with van der Waals surface area (Å²) < 4.78 is 40.7. The maximum absolute atomic E-state index is 13.1. The number of halogens is 4. The second-order valence-corrected chi connectivity index (χ2v) is 8.24. The predicted molar refractivity (Wildman–Crippen MR) is 97.0 cm³/mol. The molecule has 0 bridgehead atoms. The van der Waals surface area contributed by atoms with Crippen molar-refractivity contribution >= 4 is 29.3 Å². The number of carbonyl (C=O) groups is 1. The van der Waals surface area contributed by atoms with Gasteiger partial charge < -0.3 is 5.32 Å². The first-order valence-corrected chi connectivity index (χ1v) is 9.31. The van der Waals surface area contributed by atoms with Crippen molar-refractivity contribution in [2.45, 2.75) is 37.5 Å². The average Bonchev–Trinajstić information content (AvgIpc) is 2.88. The van der Waals surface area contributed by atoms with Crippen molar-refractivity contribution in [2.24, 2.45) is 7.05 Å². The van der Waals surface area contributed by atoms with Crippen LogP contribution in [0.2, 0.25) is 5.02 Å². The van der Waals surface area contributed by atoms with Crippen LogP contribution in [0.4, 0.5) is 13.2 Å². The molecule has 6 nitrogen and oxygen atoms in total. The molecular weight excluding hydrogens is 403 g/mol. The fraction of sp³-hybridized carbons (Fsp3) is 0.500. The highest BCUT2D eigenvalue weighted by molar-refractivity contribution is 7.99. The summed E-state index contributed by atoms with van der Waals surface area (Å²) >= 11 is 6.92. The molecule has 2 aromatic rings. The summed E-state index contributed by atoms with van der Waals surface area (Å²) in [5.74, 6) is -0.164. The van der Waals surface area contributed by atoms with E-state index in [0.29, 0.717) is 11.4 Å². The number of carbonyl (C=O) groups excluding carboxylic acids is 1. The van der Waals surface area contributed by atoms with E-state index in [1.807, 2.05) is 0 Å². The molecule has 1 N–H and O–H groups in total. The van der Waals surface area contributed by atoms with Crippen LogP contribution >= 0.6 is 23.4 Å². The van der Waals surface area contributed by atoms with E-state index in [1.54, 1.807) is 27.8 Å². The van der Waals surface area contributed by atoms with Gasteiger partial charge in [-0.25, -0.2) is 9.97 Å². The quantitative estimate of drug-likeness (QED) is 0.452. The highest BCUT2D eigenvalue weighted by Crippen LogP contribution is 2.32. The van der Waals surface area contributed by atoms with E-state index in [1.165, 1.54) is 10.9 Å². The number of rotatable bonds is 5. The zero-order valence-corrected chi connectivity index (χ0v) is 16.8. The molecule has 2 heterocycles. The van der Waals surface area contributed by atoms with Crippen molar-refractivity contribution in [3.8, 4) is 0 Å². The monoisotopic (exact) mass is 421 g/mol. The molecule has 0 unspecified atom stereocenters. The fourth-order valence-corrected chi connectivity index (χ4v) is 3.00. The second-order valence-electron chi connectivity index (χ2n) is 6.77. The van der Waals surface area contributed by atoms with Gasteiger partial charge in [0.25, 0.3) is 5.91 Å².